The molecule has 0 unspecified atom stereocenters. The van der Waals surface area contributed by atoms with E-state index in [2.05, 4.69) is 27.9 Å². The zero-order valence-corrected chi connectivity index (χ0v) is 6.58. The number of nitrogens with one attached hydrogen (secondary N) is 1. The number of hydrogen-bond acceptors (Lipinski definition) is 2. The average molecular weight is 152 g/mol. The minimum atomic E-state index is 0.819. The molecule has 0 saturated heterocycles. The molecule has 0 spiro atoms. The zero-order valence-electron chi connectivity index (χ0n) is 6.58. The maximum Gasteiger partial charge on any atom is 0.129 e. The Bertz CT molecular complexity index is 192. The molecule has 11 heavy (non-hydrogen) atoms. The predicted octanol–water partition coefficient (Wildman–Crippen LogP) is 1.83. The molecule has 1 aromatic rings. The molecule has 0 radical (unpaired) electrons. The minimum absolute atomic E-state index is 0.819. The molecule has 1 N–H and O–H groups in total. The highest BCUT2D eigenvalue weighted by atomic mass is 16.5. The van der Waals surface area contributed by atoms with E-state index in [9.17, 15) is 0 Å². The maximum atomic E-state index is 4.31. The molecule has 0 atom stereocenters. The SMILES string of the molecule is C=COC.C=Cc1ncc[nH]1. The first kappa shape index (κ1) is 9.49. The number of H-pyrrole nitrogens is 1. The van der Waals surface area contributed by atoms with Crippen molar-refractivity contribution in [2.45, 2.75) is 0 Å². The Labute approximate surface area is 66.4 Å². The number of rotatable bonds is 2. The molecule has 0 fully saturated rings. The first-order valence-electron chi connectivity index (χ1n) is 3.10. The van der Waals surface area contributed by atoms with Crippen molar-refractivity contribution in [3.63, 3.8) is 0 Å². The summed E-state index contributed by atoms with van der Waals surface area (Å²) < 4.78 is 4.31. The van der Waals surface area contributed by atoms with Gasteiger partial charge in [-0.25, -0.2) is 4.98 Å². The third-order valence-corrected chi connectivity index (χ3v) is 0.879. The fourth-order valence-electron chi connectivity index (χ4n) is 0.389. The van der Waals surface area contributed by atoms with Crippen molar-refractivity contribution in [2.75, 3.05) is 7.11 Å². The molecule has 0 aromatic carbocycles. The molecule has 3 nitrogen and oxygen atoms in total. The average Bonchev–Trinajstić information content (AvgIpc) is 2.56. The molecule has 0 aliphatic heterocycles. The summed E-state index contributed by atoms with van der Waals surface area (Å²) in [5, 5.41) is 0. The van der Waals surface area contributed by atoms with E-state index in [0.29, 0.717) is 0 Å². The van der Waals surface area contributed by atoms with Gasteiger partial charge in [0.05, 0.1) is 13.4 Å². The molecule has 1 rings (SSSR count). The second kappa shape index (κ2) is 6.61. The lowest BCUT2D eigenvalue weighted by Crippen LogP contribution is -1.67. The fourth-order valence-corrected chi connectivity index (χ4v) is 0.389. The van der Waals surface area contributed by atoms with Gasteiger partial charge in [-0.05, 0) is 6.08 Å². The summed E-state index contributed by atoms with van der Waals surface area (Å²) in [5.74, 6) is 0.819. The van der Waals surface area contributed by atoms with Crippen molar-refractivity contribution in [3.05, 3.63) is 37.6 Å². The first-order chi connectivity index (χ1) is 5.35. The van der Waals surface area contributed by atoms with Crippen LogP contribution in [0.4, 0.5) is 0 Å². The Morgan fingerprint density at radius 2 is 2.27 bits per heavy atom. The maximum absolute atomic E-state index is 4.31. The van der Waals surface area contributed by atoms with Gasteiger partial charge < -0.3 is 9.72 Å². The molecule has 0 aliphatic carbocycles. The van der Waals surface area contributed by atoms with Gasteiger partial charge in [-0.15, -0.1) is 0 Å². The summed E-state index contributed by atoms with van der Waals surface area (Å²) in [6, 6.07) is 0. The quantitative estimate of drug-likeness (QED) is 0.656. The smallest absolute Gasteiger partial charge is 0.129 e. The van der Waals surface area contributed by atoms with Gasteiger partial charge in [0, 0.05) is 12.4 Å². The van der Waals surface area contributed by atoms with Gasteiger partial charge in [-0.3, -0.25) is 0 Å². The minimum Gasteiger partial charge on any atom is -0.505 e. The summed E-state index contributed by atoms with van der Waals surface area (Å²) in [6.45, 7) is 6.77. The van der Waals surface area contributed by atoms with Crippen LogP contribution in [-0.4, -0.2) is 17.1 Å². The van der Waals surface area contributed by atoms with Crippen LogP contribution in [0.25, 0.3) is 6.08 Å². The highest BCUT2D eigenvalue weighted by Gasteiger charge is 1.78. The monoisotopic (exact) mass is 152 g/mol. The summed E-state index contributed by atoms with van der Waals surface area (Å²) in [6.07, 6.45) is 6.49. The normalized spacial score (nSPS) is 7.36. The van der Waals surface area contributed by atoms with Crippen LogP contribution in [0, 0.1) is 0 Å². The molecular weight excluding hydrogens is 140 g/mol. The molecule has 0 aliphatic rings. The standard InChI is InChI=1S/C5H6N2.C3H6O/c1-2-5-6-3-4-7-5;1-3-4-2/h2-4H,1H2,(H,6,7);3H,1H2,2H3. The Morgan fingerprint density at radius 3 is 2.45 bits per heavy atom. The fraction of sp³-hybridized carbons (Fsp3) is 0.125. The van der Waals surface area contributed by atoms with Crippen LogP contribution in [0.2, 0.25) is 0 Å². The van der Waals surface area contributed by atoms with Crippen LogP contribution >= 0.6 is 0 Å². The second-order valence-electron chi connectivity index (χ2n) is 1.58. The largest absolute Gasteiger partial charge is 0.505 e. The Kier molecular flexibility index (Phi) is 5.70. The third kappa shape index (κ3) is 4.96. The van der Waals surface area contributed by atoms with Crippen molar-refractivity contribution >= 4 is 6.08 Å². The lowest BCUT2D eigenvalue weighted by atomic mass is 10.6. The van der Waals surface area contributed by atoms with Crippen molar-refractivity contribution in [3.8, 4) is 0 Å². The summed E-state index contributed by atoms with van der Waals surface area (Å²) >= 11 is 0. The van der Waals surface area contributed by atoms with E-state index >= 15 is 0 Å². The molecule has 1 aromatic heterocycles. The highest BCUT2D eigenvalue weighted by Crippen LogP contribution is 1.85. The van der Waals surface area contributed by atoms with Crippen molar-refractivity contribution in [1.82, 2.24) is 9.97 Å². The lowest BCUT2D eigenvalue weighted by molar-refractivity contribution is 0.339. The van der Waals surface area contributed by atoms with E-state index < -0.39 is 0 Å². The van der Waals surface area contributed by atoms with Crippen LogP contribution in [0.3, 0.4) is 0 Å². The number of hydrogen-bond donors (Lipinski definition) is 1. The van der Waals surface area contributed by atoms with Crippen LogP contribution in [0.5, 0.6) is 0 Å². The van der Waals surface area contributed by atoms with Crippen LogP contribution < -0.4 is 0 Å². The van der Waals surface area contributed by atoms with E-state index in [4.69, 9.17) is 0 Å². The van der Waals surface area contributed by atoms with Crippen LogP contribution in [0.1, 0.15) is 5.82 Å². The molecule has 60 valence electrons. The van der Waals surface area contributed by atoms with Crippen molar-refractivity contribution in [1.29, 1.82) is 0 Å². The van der Waals surface area contributed by atoms with Crippen molar-refractivity contribution in [2.24, 2.45) is 0 Å². The number of aromatic nitrogens is 2. The number of imidazole rings is 1. The van der Waals surface area contributed by atoms with E-state index in [1.807, 2.05) is 0 Å². The molecule has 0 bridgehead atoms. The van der Waals surface area contributed by atoms with Gasteiger partial charge in [-0.1, -0.05) is 13.2 Å². The predicted molar refractivity (Wildman–Crippen MR) is 45.9 cm³/mol. The number of nitrogens with zero attached hydrogens (tertiary/aromatic N) is 1. The van der Waals surface area contributed by atoms with E-state index in [1.54, 1.807) is 25.6 Å². The summed E-state index contributed by atoms with van der Waals surface area (Å²) in [7, 11) is 1.56. The van der Waals surface area contributed by atoms with Crippen molar-refractivity contribution < 1.29 is 4.74 Å². The Hall–Kier alpha value is -1.51. The van der Waals surface area contributed by atoms with Gasteiger partial charge in [-0.2, -0.15) is 0 Å². The van der Waals surface area contributed by atoms with Gasteiger partial charge in [0.1, 0.15) is 5.82 Å². The van der Waals surface area contributed by atoms with E-state index in [-0.39, 0.29) is 0 Å². The summed E-state index contributed by atoms with van der Waals surface area (Å²) in [4.78, 5) is 6.72. The molecule has 0 amide bonds. The summed E-state index contributed by atoms with van der Waals surface area (Å²) in [5.41, 5.74) is 0. The Balaban J connectivity index is 0.000000218. The molecule has 3 heteroatoms. The van der Waals surface area contributed by atoms with Gasteiger partial charge in [0.2, 0.25) is 0 Å². The number of ether oxygens (including phenoxy) is 1. The first-order valence-corrected chi connectivity index (χ1v) is 3.10. The van der Waals surface area contributed by atoms with Gasteiger partial charge >= 0.3 is 0 Å². The van der Waals surface area contributed by atoms with Crippen LogP contribution in [-0.2, 0) is 4.74 Å². The second-order valence-corrected chi connectivity index (χ2v) is 1.58. The highest BCUT2D eigenvalue weighted by molar-refractivity contribution is 5.34. The van der Waals surface area contributed by atoms with Gasteiger partial charge in [0.15, 0.2) is 0 Å². The van der Waals surface area contributed by atoms with Crippen LogP contribution in [0.15, 0.2) is 31.8 Å². The molecule has 1 heterocycles. The van der Waals surface area contributed by atoms with Gasteiger partial charge in [0.25, 0.3) is 0 Å². The topological polar surface area (TPSA) is 37.9 Å². The third-order valence-electron chi connectivity index (χ3n) is 0.879. The Morgan fingerprint density at radius 1 is 1.64 bits per heavy atom. The zero-order chi connectivity index (χ0) is 8.53. The molecule has 0 saturated carbocycles. The lowest BCUT2D eigenvalue weighted by Gasteiger charge is -1.73. The number of methoxy groups -OCH3 is 1. The van der Waals surface area contributed by atoms with E-state index in [1.165, 1.54) is 6.26 Å². The van der Waals surface area contributed by atoms with E-state index in [0.717, 1.165) is 5.82 Å². The number of aromatic amines is 1. The molecular formula is C8H12N2O.